The van der Waals surface area contributed by atoms with Crippen molar-refractivity contribution in [3.63, 3.8) is 0 Å². The number of aliphatic hydroxyl groups excluding tert-OH is 1. The summed E-state index contributed by atoms with van der Waals surface area (Å²) in [6.45, 7) is 6.09. The van der Waals surface area contributed by atoms with Gasteiger partial charge in [-0.2, -0.15) is 0 Å². The molecule has 0 aliphatic carbocycles. The molecule has 0 aromatic heterocycles. The lowest BCUT2D eigenvalue weighted by atomic mass is 9.98. The van der Waals surface area contributed by atoms with Gasteiger partial charge >= 0.3 is 19.5 Å². The molecule has 0 spiro atoms. The number of ether oxygens (including phenoxy) is 2. The molecule has 0 amide bonds. The summed E-state index contributed by atoms with van der Waals surface area (Å²) >= 11 is 0. The minimum absolute atomic E-state index is 0.0349. The van der Waals surface area contributed by atoms with Gasteiger partial charge in [-0.25, -0.2) is 9.36 Å². The average Bonchev–Trinajstić information content (AvgIpc) is 2.66. The molecule has 0 heterocycles. The van der Waals surface area contributed by atoms with Crippen molar-refractivity contribution in [1.82, 2.24) is 0 Å². The van der Waals surface area contributed by atoms with Crippen LogP contribution in [0.5, 0.6) is 5.75 Å². The molecule has 1 aromatic carbocycles. The van der Waals surface area contributed by atoms with Crippen molar-refractivity contribution in [1.29, 1.82) is 0 Å². The van der Waals surface area contributed by atoms with Crippen molar-refractivity contribution in [2.24, 2.45) is 5.41 Å². The molecule has 0 saturated heterocycles. The highest BCUT2D eigenvalue weighted by Gasteiger charge is 2.30. The van der Waals surface area contributed by atoms with Gasteiger partial charge in [0, 0.05) is 0 Å². The predicted molar refractivity (Wildman–Crippen MR) is 108 cm³/mol. The third kappa shape index (κ3) is 8.40. The molecule has 0 aliphatic rings. The lowest BCUT2D eigenvalue weighted by Gasteiger charge is -2.22. The van der Waals surface area contributed by atoms with E-state index in [1.165, 1.54) is 19.2 Å². The van der Waals surface area contributed by atoms with Crippen LogP contribution in [0.2, 0.25) is 0 Å². The zero-order valence-electron chi connectivity index (χ0n) is 17.5. The summed E-state index contributed by atoms with van der Waals surface area (Å²) in [5, 5.41) is 9.09. The smallest absolute Gasteiger partial charge is 0.382 e. The quantitative estimate of drug-likeness (QED) is 0.258. The Labute approximate surface area is 171 Å². The molecule has 1 aromatic rings. The number of hydrogen-bond donors (Lipinski definition) is 1. The zero-order valence-corrected chi connectivity index (χ0v) is 18.4. The molecule has 29 heavy (non-hydrogen) atoms. The first-order valence-electron chi connectivity index (χ1n) is 9.06. The molecular weight excluding hydrogens is 399 g/mol. The summed E-state index contributed by atoms with van der Waals surface area (Å²) in [5.41, 5.74) is 0.0467. The minimum atomic E-state index is -3.80. The van der Waals surface area contributed by atoms with Gasteiger partial charge in [-0.15, -0.1) is 0 Å². The monoisotopic (exact) mass is 428 g/mol. The van der Waals surface area contributed by atoms with E-state index >= 15 is 0 Å². The normalized spacial score (nSPS) is 14.1. The Morgan fingerprint density at radius 1 is 1.21 bits per heavy atom. The highest BCUT2D eigenvalue weighted by Crippen LogP contribution is 2.49. The van der Waals surface area contributed by atoms with Crippen molar-refractivity contribution in [2.45, 2.75) is 34.1 Å². The van der Waals surface area contributed by atoms with E-state index in [-0.39, 0.29) is 30.5 Å². The standard InChI is InChI=1S/C20H29O8P/c1-15(13-21)9-8-12-29(24,27-14-26-19(23)20(2,3)4)28-17-11-7-6-10-16(17)18(22)25-5/h6-7,9-11,21H,8,12-14H2,1-5H3/b15-9+. The third-order valence-electron chi connectivity index (χ3n) is 3.73. The molecule has 1 unspecified atom stereocenters. The number of benzene rings is 1. The summed E-state index contributed by atoms with van der Waals surface area (Å²) in [6, 6.07) is 6.17. The summed E-state index contributed by atoms with van der Waals surface area (Å²) < 4.78 is 33.9. The van der Waals surface area contributed by atoms with E-state index in [0.29, 0.717) is 5.57 Å². The Morgan fingerprint density at radius 2 is 1.86 bits per heavy atom. The van der Waals surface area contributed by atoms with Gasteiger partial charge in [0.05, 0.1) is 25.3 Å². The molecule has 9 heteroatoms. The molecular formula is C20H29O8P. The fourth-order valence-electron chi connectivity index (χ4n) is 2.02. The summed E-state index contributed by atoms with van der Waals surface area (Å²) in [6.07, 6.45) is 1.94. The van der Waals surface area contributed by atoms with Crippen LogP contribution in [0, 0.1) is 5.41 Å². The van der Waals surface area contributed by atoms with Crippen LogP contribution in [0.1, 0.15) is 44.5 Å². The van der Waals surface area contributed by atoms with E-state index in [4.69, 9.17) is 23.6 Å². The second-order valence-electron chi connectivity index (χ2n) is 7.34. The largest absolute Gasteiger partial charge is 0.465 e. The lowest BCUT2D eigenvalue weighted by molar-refractivity contribution is -0.159. The van der Waals surface area contributed by atoms with Crippen molar-refractivity contribution >= 4 is 19.5 Å². The van der Waals surface area contributed by atoms with Crippen LogP contribution < -0.4 is 4.52 Å². The number of esters is 2. The predicted octanol–water partition coefficient (Wildman–Crippen LogP) is 3.94. The molecule has 8 nitrogen and oxygen atoms in total. The Morgan fingerprint density at radius 3 is 2.45 bits per heavy atom. The van der Waals surface area contributed by atoms with Crippen molar-refractivity contribution < 1.29 is 37.8 Å². The van der Waals surface area contributed by atoms with E-state index < -0.39 is 31.7 Å². The minimum Gasteiger partial charge on any atom is -0.465 e. The second kappa shape index (κ2) is 11.1. The van der Waals surface area contributed by atoms with E-state index in [1.54, 1.807) is 45.9 Å². The van der Waals surface area contributed by atoms with Crippen molar-refractivity contribution in [3.8, 4) is 5.75 Å². The first-order valence-corrected chi connectivity index (χ1v) is 10.8. The van der Waals surface area contributed by atoms with Gasteiger partial charge in [0.2, 0.25) is 6.79 Å². The van der Waals surface area contributed by atoms with Crippen LogP contribution in [0.3, 0.4) is 0 Å². The molecule has 1 rings (SSSR count). The van der Waals surface area contributed by atoms with Crippen LogP contribution in [-0.2, 0) is 23.4 Å². The number of allylic oxidation sites excluding steroid dienone is 1. The maximum absolute atomic E-state index is 13.3. The summed E-state index contributed by atoms with van der Waals surface area (Å²) in [4.78, 5) is 23.8. The maximum Gasteiger partial charge on any atom is 0.382 e. The summed E-state index contributed by atoms with van der Waals surface area (Å²) in [7, 11) is -2.58. The van der Waals surface area contributed by atoms with E-state index in [1.807, 2.05) is 0 Å². The zero-order chi connectivity index (χ0) is 22.1. The van der Waals surface area contributed by atoms with Gasteiger partial charge in [-0.3, -0.25) is 9.32 Å². The van der Waals surface area contributed by atoms with Crippen LogP contribution in [0.25, 0.3) is 0 Å². The first kappa shape index (κ1) is 24.9. The fraction of sp³-hybridized carbons (Fsp3) is 0.500. The number of hydrogen-bond acceptors (Lipinski definition) is 8. The molecule has 0 bridgehead atoms. The number of carbonyl (C=O) groups is 2. The van der Waals surface area contributed by atoms with Gasteiger partial charge in [-0.1, -0.05) is 23.8 Å². The maximum atomic E-state index is 13.3. The number of carbonyl (C=O) groups excluding carboxylic acids is 2. The average molecular weight is 428 g/mol. The third-order valence-corrected chi connectivity index (χ3v) is 5.51. The fourth-order valence-corrected chi connectivity index (χ4v) is 3.41. The van der Waals surface area contributed by atoms with Crippen molar-refractivity contribution in [3.05, 3.63) is 41.5 Å². The number of aliphatic hydroxyl groups is 1. The Kier molecular flexibility index (Phi) is 9.56. The van der Waals surface area contributed by atoms with Gasteiger partial charge in [0.15, 0.2) is 0 Å². The van der Waals surface area contributed by atoms with Crippen LogP contribution in [-0.4, -0.2) is 43.7 Å². The van der Waals surface area contributed by atoms with Gasteiger partial charge < -0.3 is 19.1 Å². The van der Waals surface area contributed by atoms with Crippen molar-refractivity contribution in [2.75, 3.05) is 26.7 Å². The van der Waals surface area contributed by atoms with Crippen LogP contribution in [0.15, 0.2) is 35.9 Å². The highest BCUT2D eigenvalue weighted by atomic mass is 31.2. The first-order chi connectivity index (χ1) is 13.5. The lowest BCUT2D eigenvalue weighted by Crippen LogP contribution is -2.24. The molecule has 1 atom stereocenters. The number of methoxy groups -OCH3 is 1. The van der Waals surface area contributed by atoms with Gasteiger partial charge in [0.25, 0.3) is 0 Å². The molecule has 0 fully saturated rings. The molecule has 0 aliphatic heterocycles. The van der Waals surface area contributed by atoms with E-state index in [9.17, 15) is 14.2 Å². The highest BCUT2D eigenvalue weighted by molar-refractivity contribution is 7.54. The molecule has 0 saturated carbocycles. The Balaban J connectivity index is 3.00. The van der Waals surface area contributed by atoms with Crippen LogP contribution >= 0.6 is 7.60 Å². The van der Waals surface area contributed by atoms with Gasteiger partial charge in [-0.05, 0) is 46.2 Å². The Bertz CT molecular complexity index is 779. The van der Waals surface area contributed by atoms with Gasteiger partial charge in [0.1, 0.15) is 11.3 Å². The Hall–Kier alpha value is -2.15. The topological polar surface area (TPSA) is 108 Å². The molecule has 0 radical (unpaired) electrons. The second-order valence-corrected chi connectivity index (χ2v) is 9.45. The summed E-state index contributed by atoms with van der Waals surface area (Å²) in [5.74, 6) is -1.13. The van der Waals surface area contributed by atoms with E-state index in [0.717, 1.165) is 0 Å². The molecule has 1 N–H and O–H groups in total. The number of rotatable bonds is 10. The van der Waals surface area contributed by atoms with Crippen LogP contribution in [0.4, 0.5) is 0 Å². The van der Waals surface area contributed by atoms with E-state index in [2.05, 4.69) is 0 Å². The SMILES string of the molecule is COC(=O)c1ccccc1OP(=O)(CC/C=C(\C)CO)OCOC(=O)C(C)(C)C. The number of para-hydroxylation sites is 1. The molecule has 162 valence electrons.